The van der Waals surface area contributed by atoms with Gasteiger partial charge in [0.1, 0.15) is 5.69 Å². The van der Waals surface area contributed by atoms with E-state index in [9.17, 15) is 4.79 Å². The molecule has 5 heteroatoms. The molecule has 2 heterocycles. The van der Waals surface area contributed by atoms with Gasteiger partial charge in [-0.2, -0.15) is 0 Å². The van der Waals surface area contributed by atoms with Gasteiger partial charge in [-0.1, -0.05) is 55.0 Å². The highest BCUT2D eigenvalue weighted by atomic mass is 32.1. The zero-order chi connectivity index (χ0) is 19.1. The van der Waals surface area contributed by atoms with Gasteiger partial charge in [-0.3, -0.25) is 4.79 Å². The number of nitrogens with zero attached hydrogens (tertiary/aromatic N) is 2. The Morgan fingerprint density at radius 3 is 2.46 bits per heavy atom. The van der Waals surface area contributed by atoms with E-state index in [0.717, 1.165) is 50.5 Å². The van der Waals surface area contributed by atoms with Crippen LogP contribution in [-0.2, 0) is 0 Å². The molecule has 2 aromatic carbocycles. The lowest BCUT2D eigenvalue weighted by Gasteiger charge is -2.22. The third-order valence-electron chi connectivity index (χ3n) is 5.36. The number of hydrogen-bond acceptors (Lipinski definition) is 4. The van der Waals surface area contributed by atoms with Crippen LogP contribution in [0.3, 0.4) is 0 Å². The molecule has 5 rings (SSSR count). The number of rotatable bonds is 4. The minimum absolute atomic E-state index is 0.380. The lowest BCUT2D eigenvalue weighted by atomic mass is 9.86. The molecule has 4 nitrogen and oxygen atoms in total. The number of carbonyl (C=O) groups excluding carboxylic acids is 1. The van der Waals surface area contributed by atoms with Crippen molar-refractivity contribution in [3.63, 3.8) is 0 Å². The van der Waals surface area contributed by atoms with Crippen LogP contribution in [0.5, 0.6) is 0 Å². The summed E-state index contributed by atoms with van der Waals surface area (Å²) in [4.78, 5) is 22.3. The molecule has 0 saturated heterocycles. The van der Waals surface area contributed by atoms with Crippen molar-refractivity contribution in [3.05, 3.63) is 71.4 Å². The van der Waals surface area contributed by atoms with E-state index in [1.165, 1.54) is 6.42 Å². The third-order valence-corrected chi connectivity index (χ3v) is 6.62. The van der Waals surface area contributed by atoms with Gasteiger partial charge in [0.15, 0.2) is 0 Å². The standard InChI is InChI=1S/C23H19N3OS/c24-22(27)20-21(28-23(26-20)16-7-4-8-16)17-10-9-15-11-12-18(25-19(15)13-17)14-5-2-1-3-6-14/h1-3,5-6,9-13,16H,4,7-8H2,(H2,24,27). The van der Waals surface area contributed by atoms with Gasteiger partial charge in [0.05, 0.1) is 21.1 Å². The number of nitrogens with two attached hydrogens (primary N) is 1. The number of pyridine rings is 1. The van der Waals surface area contributed by atoms with Gasteiger partial charge < -0.3 is 5.73 Å². The second kappa shape index (κ2) is 6.84. The van der Waals surface area contributed by atoms with E-state index in [1.807, 2.05) is 42.5 Å². The number of hydrogen-bond donors (Lipinski definition) is 1. The first-order valence-electron chi connectivity index (χ1n) is 9.46. The maximum Gasteiger partial charge on any atom is 0.268 e. The van der Waals surface area contributed by atoms with Crippen LogP contribution in [0.2, 0.25) is 0 Å². The SMILES string of the molecule is NC(=O)c1nc(C2CCC2)sc1-c1ccc2ccc(-c3ccccc3)nc2c1. The summed E-state index contributed by atoms with van der Waals surface area (Å²) in [6, 6.07) is 20.3. The van der Waals surface area contributed by atoms with Crippen molar-refractivity contribution in [2.45, 2.75) is 25.2 Å². The van der Waals surface area contributed by atoms with E-state index < -0.39 is 5.91 Å². The fraction of sp³-hybridized carbons (Fsp3) is 0.174. The first-order chi connectivity index (χ1) is 13.7. The Labute approximate surface area is 167 Å². The third kappa shape index (κ3) is 2.98. The monoisotopic (exact) mass is 385 g/mol. The van der Waals surface area contributed by atoms with Crippen LogP contribution in [0.1, 0.15) is 40.7 Å². The number of thiazole rings is 1. The smallest absolute Gasteiger partial charge is 0.268 e. The van der Waals surface area contributed by atoms with Gasteiger partial charge in [-0.05, 0) is 30.5 Å². The van der Waals surface area contributed by atoms with E-state index in [0.29, 0.717) is 11.6 Å². The van der Waals surface area contributed by atoms with Crippen molar-refractivity contribution in [2.75, 3.05) is 0 Å². The molecule has 1 amide bonds. The summed E-state index contributed by atoms with van der Waals surface area (Å²) in [5, 5.41) is 2.09. The lowest BCUT2D eigenvalue weighted by Crippen LogP contribution is -2.14. The average Bonchev–Trinajstić information content (AvgIpc) is 3.11. The summed E-state index contributed by atoms with van der Waals surface area (Å²) in [5.74, 6) is 0.00281. The topological polar surface area (TPSA) is 68.9 Å². The van der Waals surface area contributed by atoms with Crippen molar-refractivity contribution in [1.82, 2.24) is 9.97 Å². The van der Waals surface area contributed by atoms with Gasteiger partial charge >= 0.3 is 0 Å². The number of carbonyl (C=O) groups is 1. The van der Waals surface area contributed by atoms with Gasteiger partial charge in [0.25, 0.3) is 5.91 Å². The number of primary amides is 1. The Morgan fingerprint density at radius 1 is 0.964 bits per heavy atom. The molecule has 0 atom stereocenters. The highest BCUT2D eigenvalue weighted by Crippen LogP contribution is 2.42. The van der Waals surface area contributed by atoms with Crippen LogP contribution >= 0.6 is 11.3 Å². The van der Waals surface area contributed by atoms with Crippen molar-refractivity contribution >= 4 is 28.1 Å². The molecule has 138 valence electrons. The summed E-state index contributed by atoms with van der Waals surface area (Å²) in [6.45, 7) is 0. The molecule has 1 fully saturated rings. The summed E-state index contributed by atoms with van der Waals surface area (Å²) >= 11 is 1.59. The van der Waals surface area contributed by atoms with Gasteiger partial charge in [-0.15, -0.1) is 11.3 Å². The summed E-state index contributed by atoms with van der Waals surface area (Å²) < 4.78 is 0. The van der Waals surface area contributed by atoms with Crippen LogP contribution in [0.4, 0.5) is 0 Å². The van der Waals surface area contributed by atoms with Gasteiger partial charge in [0.2, 0.25) is 0 Å². The van der Waals surface area contributed by atoms with Crippen LogP contribution in [0, 0.1) is 0 Å². The first kappa shape index (κ1) is 17.1. The maximum atomic E-state index is 12.0. The highest BCUT2D eigenvalue weighted by Gasteiger charge is 2.26. The number of amides is 1. The quantitative estimate of drug-likeness (QED) is 0.512. The molecule has 28 heavy (non-hydrogen) atoms. The van der Waals surface area contributed by atoms with Crippen LogP contribution in [-0.4, -0.2) is 15.9 Å². The van der Waals surface area contributed by atoms with Gasteiger partial charge in [-0.25, -0.2) is 9.97 Å². The van der Waals surface area contributed by atoms with Crippen LogP contribution in [0.15, 0.2) is 60.7 Å². The van der Waals surface area contributed by atoms with E-state index >= 15 is 0 Å². The molecule has 0 bridgehead atoms. The molecular weight excluding hydrogens is 366 g/mol. The first-order valence-corrected chi connectivity index (χ1v) is 10.3. The summed E-state index contributed by atoms with van der Waals surface area (Å²) in [6.07, 6.45) is 3.52. The number of benzene rings is 2. The Hall–Kier alpha value is -3.05. The average molecular weight is 385 g/mol. The number of fused-ring (bicyclic) bond motifs is 1. The predicted octanol–water partition coefficient (Wildman–Crippen LogP) is 5.39. The molecule has 1 saturated carbocycles. The number of aromatic nitrogens is 2. The van der Waals surface area contributed by atoms with E-state index in [2.05, 4.69) is 23.2 Å². The minimum Gasteiger partial charge on any atom is -0.364 e. The second-order valence-electron chi connectivity index (χ2n) is 7.19. The van der Waals surface area contributed by atoms with E-state index in [-0.39, 0.29) is 0 Å². The zero-order valence-corrected chi connectivity index (χ0v) is 16.1. The maximum absolute atomic E-state index is 12.0. The Kier molecular flexibility index (Phi) is 4.17. The van der Waals surface area contributed by atoms with Crippen LogP contribution in [0.25, 0.3) is 32.6 Å². The molecule has 1 aliphatic carbocycles. The molecule has 4 aromatic rings. The van der Waals surface area contributed by atoms with E-state index in [1.54, 1.807) is 11.3 Å². The lowest BCUT2D eigenvalue weighted by molar-refractivity contribution is 0.0996. The summed E-state index contributed by atoms with van der Waals surface area (Å²) in [7, 11) is 0. The fourth-order valence-corrected chi connectivity index (χ4v) is 4.79. The molecule has 0 spiro atoms. The molecular formula is C23H19N3OS. The predicted molar refractivity (Wildman–Crippen MR) is 113 cm³/mol. The van der Waals surface area contributed by atoms with Crippen molar-refractivity contribution in [2.24, 2.45) is 5.73 Å². The largest absolute Gasteiger partial charge is 0.364 e. The Bertz CT molecular complexity index is 1180. The molecule has 2 N–H and O–H groups in total. The van der Waals surface area contributed by atoms with E-state index in [4.69, 9.17) is 10.7 Å². The molecule has 0 unspecified atom stereocenters. The molecule has 0 aliphatic heterocycles. The minimum atomic E-state index is -0.470. The van der Waals surface area contributed by atoms with Crippen molar-refractivity contribution < 1.29 is 4.79 Å². The normalized spacial score (nSPS) is 14.1. The molecule has 1 aliphatic rings. The summed E-state index contributed by atoms with van der Waals surface area (Å²) in [5.41, 5.74) is 9.86. The molecule has 0 radical (unpaired) electrons. The van der Waals surface area contributed by atoms with Crippen molar-refractivity contribution in [3.8, 4) is 21.7 Å². The molecule has 2 aromatic heterocycles. The van der Waals surface area contributed by atoms with Crippen molar-refractivity contribution in [1.29, 1.82) is 0 Å². The fourth-order valence-electron chi connectivity index (χ4n) is 3.56. The zero-order valence-electron chi connectivity index (χ0n) is 15.3. The van der Waals surface area contributed by atoms with Crippen LogP contribution < -0.4 is 5.73 Å². The second-order valence-corrected chi connectivity index (χ2v) is 8.22. The Balaban J connectivity index is 1.61. The Morgan fingerprint density at radius 2 is 1.75 bits per heavy atom. The van der Waals surface area contributed by atoms with Gasteiger partial charge in [0, 0.05) is 16.9 Å². The highest BCUT2D eigenvalue weighted by molar-refractivity contribution is 7.15.